The average molecular weight is 506 g/mol. The summed E-state index contributed by atoms with van der Waals surface area (Å²) in [5.41, 5.74) is 1.45. The Balaban J connectivity index is 2.51. The van der Waals surface area contributed by atoms with E-state index in [2.05, 4.69) is 16.6 Å². The van der Waals surface area contributed by atoms with E-state index in [9.17, 15) is 14.4 Å². The number of ether oxygens (including phenoxy) is 1. The number of carbonyl (C=O) groups is 3. The Morgan fingerprint density at radius 1 is 1.00 bits per heavy atom. The molecule has 0 spiro atoms. The normalized spacial score (nSPS) is 12.7. The van der Waals surface area contributed by atoms with Crippen LogP contribution in [0.3, 0.4) is 0 Å². The zero-order valence-corrected chi connectivity index (χ0v) is 22.7. The summed E-state index contributed by atoms with van der Waals surface area (Å²) in [6.45, 7) is 11.3. The summed E-state index contributed by atoms with van der Waals surface area (Å²) < 4.78 is 5.45. The number of hydrogen-bond acceptors (Lipinski definition) is 4. The number of nitrogens with zero attached hydrogens (tertiary/aromatic N) is 1. The SMILES string of the molecule is C#Cc1ccc(C(C(=O)NC(C)C)N(CCC)C(=O)C(Cc2ccccc2)NC(=O)OC(C)(C)C)cc1. The number of carbonyl (C=O) groups excluding carboxylic acids is 3. The molecule has 198 valence electrons. The Kier molecular flexibility index (Phi) is 10.7. The summed E-state index contributed by atoms with van der Waals surface area (Å²) in [7, 11) is 0. The molecule has 0 aliphatic rings. The van der Waals surface area contributed by atoms with Crippen LogP contribution in [0, 0.1) is 12.3 Å². The third kappa shape index (κ3) is 9.30. The van der Waals surface area contributed by atoms with Crippen molar-refractivity contribution in [1.29, 1.82) is 0 Å². The molecule has 0 radical (unpaired) electrons. The summed E-state index contributed by atoms with van der Waals surface area (Å²) in [6, 6.07) is 14.5. The van der Waals surface area contributed by atoms with Crippen LogP contribution in [0.1, 0.15) is 70.7 Å². The van der Waals surface area contributed by atoms with Gasteiger partial charge in [-0.25, -0.2) is 4.79 Å². The molecule has 2 aromatic rings. The van der Waals surface area contributed by atoms with Gasteiger partial charge in [-0.3, -0.25) is 9.59 Å². The van der Waals surface area contributed by atoms with Gasteiger partial charge in [-0.05, 0) is 64.3 Å². The molecule has 0 bridgehead atoms. The molecular weight excluding hydrogens is 466 g/mol. The van der Waals surface area contributed by atoms with Gasteiger partial charge >= 0.3 is 6.09 Å². The molecular formula is C30H39N3O4. The van der Waals surface area contributed by atoms with Crippen molar-refractivity contribution in [3.8, 4) is 12.3 Å². The second-order valence-corrected chi connectivity index (χ2v) is 10.3. The van der Waals surface area contributed by atoms with Gasteiger partial charge in [0.25, 0.3) is 0 Å². The molecule has 0 aliphatic heterocycles. The molecule has 0 aromatic heterocycles. The quantitative estimate of drug-likeness (QED) is 0.462. The van der Waals surface area contributed by atoms with E-state index in [1.54, 1.807) is 45.0 Å². The van der Waals surface area contributed by atoms with Crippen LogP contribution in [-0.2, 0) is 20.7 Å². The first kappa shape index (κ1) is 29.4. The van der Waals surface area contributed by atoms with Gasteiger partial charge in [0.2, 0.25) is 11.8 Å². The van der Waals surface area contributed by atoms with Gasteiger partial charge in [-0.2, -0.15) is 0 Å². The molecule has 2 aromatic carbocycles. The van der Waals surface area contributed by atoms with Crippen LogP contribution < -0.4 is 10.6 Å². The molecule has 3 amide bonds. The lowest BCUT2D eigenvalue weighted by molar-refractivity contribution is -0.142. The van der Waals surface area contributed by atoms with Gasteiger partial charge in [0.15, 0.2) is 0 Å². The molecule has 2 N–H and O–H groups in total. The Morgan fingerprint density at radius 3 is 2.14 bits per heavy atom. The minimum absolute atomic E-state index is 0.126. The van der Waals surface area contributed by atoms with Crippen LogP contribution in [0.5, 0.6) is 0 Å². The third-order valence-electron chi connectivity index (χ3n) is 5.40. The molecule has 0 saturated carbocycles. The van der Waals surface area contributed by atoms with Crippen molar-refractivity contribution in [2.24, 2.45) is 0 Å². The fraction of sp³-hybridized carbons (Fsp3) is 0.433. The first-order chi connectivity index (χ1) is 17.4. The van der Waals surface area contributed by atoms with Gasteiger partial charge in [-0.15, -0.1) is 6.42 Å². The number of terminal acetylenes is 1. The molecule has 0 aliphatic carbocycles. The second kappa shape index (κ2) is 13.5. The summed E-state index contributed by atoms with van der Waals surface area (Å²) >= 11 is 0. The van der Waals surface area contributed by atoms with E-state index in [0.717, 1.165) is 5.56 Å². The predicted octanol–water partition coefficient (Wildman–Crippen LogP) is 4.61. The van der Waals surface area contributed by atoms with E-state index in [4.69, 9.17) is 11.2 Å². The number of amides is 3. The highest BCUT2D eigenvalue weighted by molar-refractivity contribution is 5.92. The number of alkyl carbamates (subject to hydrolysis) is 1. The summed E-state index contributed by atoms with van der Waals surface area (Å²) in [6.07, 6.45) is 5.68. The van der Waals surface area contributed by atoms with Gasteiger partial charge < -0.3 is 20.3 Å². The zero-order chi connectivity index (χ0) is 27.6. The summed E-state index contributed by atoms with van der Waals surface area (Å²) in [5, 5.41) is 5.69. The number of nitrogens with one attached hydrogen (secondary N) is 2. The van der Waals surface area contributed by atoms with Crippen LogP contribution in [0.15, 0.2) is 54.6 Å². The largest absolute Gasteiger partial charge is 0.444 e. The van der Waals surface area contributed by atoms with E-state index in [1.165, 1.54) is 4.90 Å². The van der Waals surface area contributed by atoms with Crippen molar-refractivity contribution in [2.75, 3.05) is 6.54 Å². The Bertz CT molecular complexity index is 1080. The molecule has 2 rings (SSSR count). The predicted molar refractivity (Wildman–Crippen MR) is 146 cm³/mol. The molecule has 7 heteroatoms. The summed E-state index contributed by atoms with van der Waals surface area (Å²) in [4.78, 5) is 41.8. The van der Waals surface area contributed by atoms with Crippen LogP contribution in [0.25, 0.3) is 0 Å². The lowest BCUT2D eigenvalue weighted by Crippen LogP contribution is -2.54. The fourth-order valence-corrected chi connectivity index (χ4v) is 3.91. The maximum Gasteiger partial charge on any atom is 0.408 e. The van der Waals surface area contributed by atoms with Gasteiger partial charge in [0.05, 0.1) is 0 Å². The Labute approximate surface area is 221 Å². The van der Waals surface area contributed by atoms with E-state index < -0.39 is 23.8 Å². The molecule has 0 fully saturated rings. The van der Waals surface area contributed by atoms with Crippen molar-refractivity contribution in [3.63, 3.8) is 0 Å². The number of hydrogen-bond donors (Lipinski definition) is 2. The topological polar surface area (TPSA) is 87.7 Å². The van der Waals surface area contributed by atoms with E-state index >= 15 is 0 Å². The lowest BCUT2D eigenvalue weighted by atomic mass is 9.99. The van der Waals surface area contributed by atoms with Crippen LogP contribution in [0.2, 0.25) is 0 Å². The molecule has 37 heavy (non-hydrogen) atoms. The zero-order valence-electron chi connectivity index (χ0n) is 22.7. The standard InChI is InChI=1S/C30H39N3O4/c1-8-19-33(26(27(34)31-21(3)4)24-17-15-22(9-2)16-18-24)28(35)25(20-23-13-11-10-12-14-23)32-29(36)37-30(5,6)7/h2,10-18,21,25-26H,8,19-20H2,1,3-7H3,(H,31,34)(H,32,36). The summed E-state index contributed by atoms with van der Waals surface area (Å²) in [5.74, 6) is 1.90. The van der Waals surface area contributed by atoms with Gasteiger partial charge in [0, 0.05) is 24.6 Å². The minimum Gasteiger partial charge on any atom is -0.444 e. The van der Waals surface area contributed by atoms with Crippen molar-refractivity contribution in [3.05, 3.63) is 71.3 Å². The maximum atomic E-state index is 14.1. The minimum atomic E-state index is -0.942. The van der Waals surface area contributed by atoms with E-state index in [-0.39, 0.29) is 24.3 Å². The van der Waals surface area contributed by atoms with Crippen molar-refractivity contribution in [2.45, 2.75) is 78.1 Å². The van der Waals surface area contributed by atoms with E-state index in [0.29, 0.717) is 24.1 Å². The lowest BCUT2D eigenvalue weighted by Gasteiger charge is -2.35. The molecule has 2 atom stereocenters. The number of rotatable bonds is 10. The highest BCUT2D eigenvalue weighted by Crippen LogP contribution is 2.24. The van der Waals surface area contributed by atoms with E-state index in [1.807, 2.05) is 51.1 Å². The van der Waals surface area contributed by atoms with Crippen LogP contribution in [-0.4, -0.2) is 47.0 Å². The fourth-order valence-electron chi connectivity index (χ4n) is 3.91. The monoisotopic (exact) mass is 505 g/mol. The smallest absolute Gasteiger partial charge is 0.408 e. The first-order valence-corrected chi connectivity index (χ1v) is 12.7. The van der Waals surface area contributed by atoms with Gasteiger partial charge in [0.1, 0.15) is 17.7 Å². The van der Waals surface area contributed by atoms with Crippen LogP contribution >= 0.6 is 0 Å². The highest BCUT2D eigenvalue weighted by Gasteiger charge is 2.36. The van der Waals surface area contributed by atoms with Crippen molar-refractivity contribution in [1.82, 2.24) is 15.5 Å². The molecule has 0 heterocycles. The molecule has 7 nitrogen and oxygen atoms in total. The van der Waals surface area contributed by atoms with Crippen LogP contribution in [0.4, 0.5) is 4.79 Å². The highest BCUT2D eigenvalue weighted by atomic mass is 16.6. The second-order valence-electron chi connectivity index (χ2n) is 10.3. The van der Waals surface area contributed by atoms with Crippen molar-refractivity contribution < 1.29 is 19.1 Å². The molecule has 2 unspecified atom stereocenters. The average Bonchev–Trinajstić information content (AvgIpc) is 2.82. The maximum absolute atomic E-state index is 14.1. The third-order valence-corrected chi connectivity index (χ3v) is 5.40. The first-order valence-electron chi connectivity index (χ1n) is 12.7. The Morgan fingerprint density at radius 2 is 1.62 bits per heavy atom. The number of benzene rings is 2. The van der Waals surface area contributed by atoms with Gasteiger partial charge in [-0.1, -0.05) is 55.3 Å². The Hall–Kier alpha value is -3.79. The molecule has 0 saturated heterocycles. The van der Waals surface area contributed by atoms with Crippen molar-refractivity contribution >= 4 is 17.9 Å².